The maximum Gasteiger partial charge on any atom is 0.230 e. The first kappa shape index (κ1) is 15.3. The zero-order chi connectivity index (χ0) is 16.1. The lowest BCUT2D eigenvalue weighted by molar-refractivity contribution is -0.313. The summed E-state index contributed by atoms with van der Waals surface area (Å²) in [4.78, 5) is 25.9. The molecule has 3 aliphatic rings. The molecule has 0 N–H and O–H groups in total. The number of hydrogen-bond acceptors (Lipinski definition) is 4. The fraction of sp³-hybridized carbons (Fsp3) is 0.647. The first-order valence-corrected chi connectivity index (χ1v) is 7.87. The molecular formula is C17H22NO4-. The summed E-state index contributed by atoms with van der Waals surface area (Å²) in [6.07, 6.45) is 7.06. The standard InChI is InChI=1S/C17H23NO4/c1-10(2)5-4-6-11(3)18-9-17-8-7-12(22-17)13(16(20)21)14(17)15(18)19/h5,7-8,11-14H,4,6,9H2,1-3H3,(H,20,21)/p-1/t11-,12+,13+,14-,17-/m1/s1. The largest absolute Gasteiger partial charge is 0.550 e. The van der Waals surface area contributed by atoms with Gasteiger partial charge in [-0.25, -0.2) is 0 Å². The molecule has 5 heteroatoms. The van der Waals surface area contributed by atoms with Gasteiger partial charge in [0.1, 0.15) is 5.60 Å². The van der Waals surface area contributed by atoms with Crippen LogP contribution in [0.15, 0.2) is 23.8 Å². The summed E-state index contributed by atoms with van der Waals surface area (Å²) in [5.41, 5.74) is 0.509. The van der Waals surface area contributed by atoms with E-state index in [-0.39, 0.29) is 11.9 Å². The second kappa shape index (κ2) is 5.23. The summed E-state index contributed by atoms with van der Waals surface area (Å²) < 4.78 is 5.84. The predicted molar refractivity (Wildman–Crippen MR) is 78.6 cm³/mol. The predicted octanol–water partition coefficient (Wildman–Crippen LogP) is 0.653. The van der Waals surface area contributed by atoms with Crippen molar-refractivity contribution in [2.24, 2.45) is 11.8 Å². The van der Waals surface area contributed by atoms with Gasteiger partial charge in [-0.2, -0.15) is 0 Å². The summed E-state index contributed by atoms with van der Waals surface area (Å²) in [6.45, 7) is 6.56. The lowest BCUT2D eigenvalue weighted by Crippen LogP contribution is -2.45. The molecule has 0 radical (unpaired) electrons. The van der Waals surface area contributed by atoms with Crippen molar-refractivity contribution >= 4 is 11.9 Å². The minimum Gasteiger partial charge on any atom is -0.550 e. The van der Waals surface area contributed by atoms with E-state index in [1.165, 1.54) is 5.57 Å². The van der Waals surface area contributed by atoms with Crippen LogP contribution in [0.3, 0.4) is 0 Å². The van der Waals surface area contributed by atoms with Crippen LogP contribution in [0.2, 0.25) is 0 Å². The van der Waals surface area contributed by atoms with Gasteiger partial charge in [0.25, 0.3) is 0 Å². The van der Waals surface area contributed by atoms with E-state index in [2.05, 4.69) is 19.9 Å². The first-order valence-electron chi connectivity index (χ1n) is 7.87. The monoisotopic (exact) mass is 304 g/mol. The Bertz CT molecular complexity index is 563. The smallest absolute Gasteiger partial charge is 0.230 e. The van der Waals surface area contributed by atoms with Crippen LogP contribution in [-0.2, 0) is 14.3 Å². The topological polar surface area (TPSA) is 69.7 Å². The number of fused-ring (bicyclic) bond motifs is 1. The Labute approximate surface area is 130 Å². The zero-order valence-electron chi connectivity index (χ0n) is 13.2. The molecule has 5 atom stereocenters. The van der Waals surface area contributed by atoms with Gasteiger partial charge in [0, 0.05) is 17.9 Å². The van der Waals surface area contributed by atoms with Crippen molar-refractivity contribution in [1.82, 2.24) is 4.90 Å². The summed E-state index contributed by atoms with van der Waals surface area (Å²) in [6, 6.07) is 0.0709. The number of carbonyl (C=O) groups is 2. The minimum atomic E-state index is -1.19. The highest BCUT2D eigenvalue weighted by Crippen LogP contribution is 2.52. The normalized spacial score (nSPS) is 36.6. The number of carbonyl (C=O) groups excluding carboxylic acids is 2. The summed E-state index contributed by atoms with van der Waals surface area (Å²) in [5, 5.41) is 11.4. The molecule has 0 saturated carbocycles. The average Bonchev–Trinajstić information content (AvgIpc) is 3.06. The van der Waals surface area contributed by atoms with Gasteiger partial charge >= 0.3 is 0 Å². The number of carboxylic acids is 1. The number of nitrogens with zero attached hydrogens (tertiary/aromatic N) is 1. The molecule has 3 rings (SSSR count). The highest BCUT2D eigenvalue weighted by Gasteiger charge is 2.65. The van der Waals surface area contributed by atoms with Gasteiger partial charge in [-0.05, 0) is 33.6 Å². The van der Waals surface area contributed by atoms with Crippen LogP contribution >= 0.6 is 0 Å². The van der Waals surface area contributed by atoms with Gasteiger partial charge < -0.3 is 19.5 Å². The quantitative estimate of drug-likeness (QED) is 0.699. The molecule has 0 aromatic heterocycles. The van der Waals surface area contributed by atoms with Gasteiger partial charge in [-0.1, -0.05) is 23.8 Å². The SMILES string of the molecule is CC(C)=CCC[C@@H](C)N1C[C@@]23C=C[C@H](O2)[C@H](C(=O)[O-])[C@@H]3C1=O. The van der Waals surface area contributed by atoms with E-state index in [1.807, 2.05) is 13.0 Å². The van der Waals surface area contributed by atoms with Gasteiger partial charge in [-0.3, -0.25) is 4.79 Å². The van der Waals surface area contributed by atoms with Gasteiger partial charge in [0.05, 0.1) is 18.6 Å². The van der Waals surface area contributed by atoms with Crippen LogP contribution in [-0.4, -0.2) is 41.1 Å². The van der Waals surface area contributed by atoms with E-state index in [0.717, 1.165) is 12.8 Å². The van der Waals surface area contributed by atoms with Crippen LogP contribution in [0, 0.1) is 11.8 Å². The maximum atomic E-state index is 12.7. The molecule has 3 heterocycles. The van der Waals surface area contributed by atoms with Crippen molar-refractivity contribution in [3.63, 3.8) is 0 Å². The number of likely N-dealkylation sites (tertiary alicyclic amines) is 1. The Balaban J connectivity index is 1.76. The summed E-state index contributed by atoms with van der Waals surface area (Å²) in [5.74, 6) is -2.77. The molecule has 2 saturated heterocycles. The number of allylic oxidation sites excluding steroid dienone is 2. The van der Waals surface area contributed by atoms with Crippen molar-refractivity contribution in [2.75, 3.05) is 6.54 Å². The molecule has 0 aromatic carbocycles. The average molecular weight is 304 g/mol. The fourth-order valence-electron chi connectivity index (χ4n) is 3.94. The molecule has 2 fully saturated rings. The van der Waals surface area contributed by atoms with E-state index in [4.69, 9.17) is 4.74 Å². The molecule has 1 spiro atoms. The molecule has 0 aromatic rings. The Kier molecular flexibility index (Phi) is 3.63. The molecule has 0 aliphatic carbocycles. The van der Waals surface area contributed by atoms with Gasteiger partial charge in [-0.15, -0.1) is 0 Å². The van der Waals surface area contributed by atoms with Crippen LogP contribution in [0.1, 0.15) is 33.6 Å². The Hall–Kier alpha value is -1.62. The van der Waals surface area contributed by atoms with Crippen molar-refractivity contribution in [3.8, 4) is 0 Å². The highest BCUT2D eigenvalue weighted by molar-refractivity contribution is 5.90. The van der Waals surface area contributed by atoms with E-state index in [0.29, 0.717) is 6.54 Å². The molecular weight excluding hydrogens is 282 g/mol. The molecule has 5 nitrogen and oxygen atoms in total. The van der Waals surface area contributed by atoms with Crippen LogP contribution in [0.4, 0.5) is 0 Å². The molecule has 22 heavy (non-hydrogen) atoms. The van der Waals surface area contributed by atoms with E-state index >= 15 is 0 Å². The Morgan fingerprint density at radius 1 is 1.59 bits per heavy atom. The number of aliphatic carboxylic acids is 1. The molecule has 2 bridgehead atoms. The zero-order valence-corrected chi connectivity index (χ0v) is 13.2. The second-order valence-corrected chi connectivity index (χ2v) is 6.89. The van der Waals surface area contributed by atoms with Crippen molar-refractivity contribution in [2.45, 2.75) is 51.4 Å². The maximum absolute atomic E-state index is 12.7. The van der Waals surface area contributed by atoms with Gasteiger partial charge in [0.2, 0.25) is 5.91 Å². The molecule has 0 unspecified atom stereocenters. The Morgan fingerprint density at radius 3 is 2.95 bits per heavy atom. The molecule has 1 amide bonds. The number of hydrogen-bond donors (Lipinski definition) is 0. The van der Waals surface area contributed by atoms with E-state index < -0.39 is 29.5 Å². The minimum absolute atomic E-state index is 0.0709. The number of carboxylic acid groups (broad SMARTS) is 1. The second-order valence-electron chi connectivity index (χ2n) is 6.89. The number of ether oxygens (including phenoxy) is 1. The fourth-order valence-corrected chi connectivity index (χ4v) is 3.94. The third-order valence-electron chi connectivity index (χ3n) is 5.07. The highest BCUT2D eigenvalue weighted by atomic mass is 16.5. The van der Waals surface area contributed by atoms with Crippen LogP contribution in [0.25, 0.3) is 0 Å². The number of rotatable bonds is 5. The van der Waals surface area contributed by atoms with Crippen LogP contribution in [0.5, 0.6) is 0 Å². The summed E-state index contributed by atoms with van der Waals surface area (Å²) >= 11 is 0. The first-order chi connectivity index (χ1) is 10.4. The number of amides is 1. The van der Waals surface area contributed by atoms with E-state index in [1.54, 1.807) is 11.0 Å². The van der Waals surface area contributed by atoms with Crippen LogP contribution < -0.4 is 5.11 Å². The van der Waals surface area contributed by atoms with Crippen molar-refractivity contribution < 1.29 is 19.4 Å². The Morgan fingerprint density at radius 2 is 2.32 bits per heavy atom. The van der Waals surface area contributed by atoms with Gasteiger partial charge in [0.15, 0.2) is 0 Å². The summed E-state index contributed by atoms with van der Waals surface area (Å²) in [7, 11) is 0. The molecule has 3 aliphatic heterocycles. The molecule has 120 valence electrons. The third-order valence-corrected chi connectivity index (χ3v) is 5.07. The lowest BCUT2D eigenvalue weighted by atomic mass is 9.77. The van der Waals surface area contributed by atoms with Crippen molar-refractivity contribution in [3.05, 3.63) is 23.8 Å². The lowest BCUT2D eigenvalue weighted by Gasteiger charge is -2.27. The third kappa shape index (κ3) is 2.19. The van der Waals surface area contributed by atoms with E-state index in [9.17, 15) is 14.7 Å². The van der Waals surface area contributed by atoms with Crippen molar-refractivity contribution in [1.29, 1.82) is 0 Å².